The maximum atomic E-state index is 12.8. The van der Waals surface area contributed by atoms with Crippen LogP contribution in [-0.2, 0) is 10.2 Å². The Kier molecular flexibility index (Phi) is 6.11. The molecule has 1 amide bonds. The van der Waals surface area contributed by atoms with Gasteiger partial charge < -0.3 is 15.4 Å². The second-order valence-corrected chi connectivity index (χ2v) is 8.12. The molecule has 5 nitrogen and oxygen atoms in total. The zero-order chi connectivity index (χ0) is 19.3. The lowest BCUT2D eigenvalue weighted by molar-refractivity contribution is 0.0642. The molecule has 0 radical (unpaired) electrons. The van der Waals surface area contributed by atoms with E-state index in [0.717, 1.165) is 43.1 Å². The van der Waals surface area contributed by atoms with Crippen molar-refractivity contribution in [2.24, 2.45) is 5.92 Å². The van der Waals surface area contributed by atoms with Crippen LogP contribution in [0.5, 0.6) is 0 Å². The topological polar surface area (TPSA) is 63.2 Å². The highest BCUT2D eigenvalue weighted by atomic mass is 16.5. The summed E-state index contributed by atoms with van der Waals surface area (Å²) >= 11 is 0. The number of aromatic nitrogens is 1. The molecule has 0 bridgehead atoms. The molecule has 144 valence electrons. The van der Waals surface area contributed by atoms with Gasteiger partial charge in [0.25, 0.3) is 5.91 Å². The summed E-state index contributed by atoms with van der Waals surface area (Å²) in [5, 5.41) is 6.40. The summed E-state index contributed by atoms with van der Waals surface area (Å²) < 4.78 is 5.39. The van der Waals surface area contributed by atoms with Crippen LogP contribution in [-0.4, -0.2) is 30.6 Å². The smallest absolute Gasteiger partial charge is 0.253 e. The lowest BCUT2D eigenvalue weighted by Crippen LogP contribution is -2.33. The number of benzene rings is 1. The van der Waals surface area contributed by atoms with E-state index in [1.54, 1.807) is 6.20 Å². The molecular formula is C22H29N3O2. The van der Waals surface area contributed by atoms with Crippen LogP contribution in [0.4, 0.5) is 11.5 Å². The SMILES string of the molecule is CC(C)(C)c1cc(Nc2ccccc2)ncc1C(=O)NCC1CCOCC1. The molecule has 2 heterocycles. The summed E-state index contributed by atoms with van der Waals surface area (Å²) in [6, 6.07) is 11.9. The standard InChI is InChI=1S/C22H29N3O2/c1-22(2,3)19-13-20(25-17-7-5-4-6-8-17)23-15-18(19)21(26)24-14-16-9-11-27-12-10-16/h4-8,13,15-16H,9-12,14H2,1-3H3,(H,23,25)(H,24,26). The van der Waals surface area contributed by atoms with E-state index in [9.17, 15) is 4.79 Å². The number of anilines is 2. The Labute approximate surface area is 161 Å². The molecule has 1 aliphatic rings. The highest BCUT2D eigenvalue weighted by molar-refractivity contribution is 5.96. The van der Waals surface area contributed by atoms with E-state index < -0.39 is 0 Å². The summed E-state index contributed by atoms with van der Waals surface area (Å²) in [7, 11) is 0. The minimum Gasteiger partial charge on any atom is -0.381 e. The molecule has 0 unspecified atom stereocenters. The first kappa shape index (κ1) is 19.4. The predicted octanol–water partition coefficient (Wildman–Crippen LogP) is 4.28. The van der Waals surface area contributed by atoms with Crippen molar-refractivity contribution >= 4 is 17.4 Å². The lowest BCUT2D eigenvalue weighted by atomic mass is 9.84. The zero-order valence-corrected chi connectivity index (χ0v) is 16.4. The lowest BCUT2D eigenvalue weighted by Gasteiger charge is -2.25. The molecule has 0 saturated carbocycles. The molecule has 1 aromatic carbocycles. The summed E-state index contributed by atoms with van der Waals surface area (Å²) in [6.45, 7) is 8.61. The number of hydrogen-bond donors (Lipinski definition) is 2. The van der Waals surface area contributed by atoms with Crippen molar-refractivity contribution < 1.29 is 9.53 Å². The van der Waals surface area contributed by atoms with Gasteiger partial charge in [0.1, 0.15) is 5.82 Å². The van der Waals surface area contributed by atoms with Crippen LogP contribution in [0.2, 0.25) is 0 Å². The molecule has 3 rings (SSSR count). The Morgan fingerprint density at radius 2 is 1.89 bits per heavy atom. The Hall–Kier alpha value is -2.40. The van der Waals surface area contributed by atoms with E-state index in [2.05, 4.69) is 36.4 Å². The molecule has 0 atom stereocenters. The number of rotatable bonds is 5. The van der Waals surface area contributed by atoms with Crippen molar-refractivity contribution in [1.29, 1.82) is 0 Å². The van der Waals surface area contributed by atoms with Crippen molar-refractivity contribution in [2.45, 2.75) is 39.0 Å². The third kappa shape index (κ3) is 5.30. The zero-order valence-electron chi connectivity index (χ0n) is 16.4. The minimum atomic E-state index is -0.165. The van der Waals surface area contributed by atoms with Gasteiger partial charge >= 0.3 is 0 Å². The van der Waals surface area contributed by atoms with Gasteiger partial charge in [-0.05, 0) is 47.9 Å². The van der Waals surface area contributed by atoms with Gasteiger partial charge in [-0.2, -0.15) is 0 Å². The van der Waals surface area contributed by atoms with Crippen LogP contribution in [0, 0.1) is 5.92 Å². The number of pyridine rings is 1. The van der Waals surface area contributed by atoms with Crippen molar-refractivity contribution in [2.75, 3.05) is 25.1 Å². The second-order valence-electron chi connectivity index (χ2n) is 8.12. The number of carbonyl (C=O) groups is 1. The Morgan fingerprint density at radius 3 is 2.56 bits per heavy atom. The van der Waals surface area contributed by atoms with E-state index in [-0.39, 0.29) is 11.3 Å². The van der Waals surface area contributed by atoms with Crippen molar-refractivity contribution in [3.8, 4) is 0 Å². The predicted molar refractivity (Wildman–Crippen MR) is 109 cm³/mol. The third-order valence-corrected chi connectivity index (χ3v) is 4.89. The summed E-state index contributed by atoms with van der Waals surface area (Å²) in [4.78, 5) is 17.3. The number of ether oxygens (including phenoxy) is 1. The summed E-state index contributed by atoms with van der Waals surface area (Å²) in [5.41, 5.74) is 2.44. The molecule has 1 saturated heterocycles. The van der Waals surface area contributed by atoms with E-state index in [4.69, 9.17) is 4.74 Å². The number of para-hydroxylation sites is 1. The van der Waals surface area contributed by atoms with Gasteiger partial charge in [-0.1, -0.05) is 39.0 Å². The molecule has 1 aromatic heterocycles. The van der Waals surface area contributed by atoms with Gasteiger partial charge in [0.15, 0.2) is 0 Å². The molecule has 1 fully saturated rings. The number of hydrogen-bond acceptors (Lipinski definition) is 4. The third-order valence-electron chi connectivity index (χ3n) is 4.89. The average molecular weight is 367 g/mol. The highest BCUT2D eigenvalue weighted by Gasteiger charge is 2.24. The minimum absolute atomic E-state index is 0.0508. The van der Waals surface area contributed by atoms with Gasteiger partial charge in [-0.3, -0.25) is 4.79 Å². The van der Waals surface area contributed by atoms with E-state index in [1.165, 1.54) is 0 Å². The van der Waals surface area contributed by atoms with Gasteiger partial charge in [0.05, 0.1) is 5.56 Å². The van der Waals surface area contributed by atoms with Crippen LogP contribution < -0.4 is 10.6 Å². The van der Waals surface area contributed by atoms with Crippen LogP contribution in [0.25, 0.3) is 0 Å². The number of nitrogens with zero attached hydrogens (tertiary/aromatic N) is 1. The second kappa shape index (κ2) is 8.53. The molecule has 1 aliphatic heterocycles. The normalized spacial score (nSPS) is 15.4. The summed E-state index contributed by atoms with van der Waals surface area (Å²) in [6.07, 6.45) is 3.69. The van der Waals surface area contributed by atoms with Gasteiger partial charge in [0, 0.05) is 31.6 Å². The quantitative estimate of drug-likeness (QED) is 0.828. The van der Waals surface area contributed by atoms with Crippen molar-refractivity contribution in [3.63, 3.8) is 0 Å². The Balaban J connectivity index is 1.76. The van der Waals surface area contributed by atoms with Crippen LogP contribution in [0.1, 0.15) is 49.5 Å². The molecule has 0 spiro atoms. The van der Waals surface area contributed by atoms with Gasteiger partial charge in [-0.25, -0.2) is 4.98 Å². The first-order chi connectivity index (χ1) is 12.9. The molecule has 2 N–H and O–H groups in total. The van der Waals surface area contributed by atoms with Crippen LogP contribution >= 0.6 is 0 Å². The number of carbonyl (C=O) groups excluding carboxylic acids is 1. The first-order valence-electron chi connectivity index (χ1n) is 9.62. The maximum Gasteiger partial charge on any atom is 0.253 e. The molecule has 5 heteroatoms. The Bertz CT molecular complexity index is 763. The molecular weight excluding hydrogens is 338 g/mol. The van der Waals surface area contributed by atoms with Gasteiger partial charge in [-0.15, -0.1) is 0 Å². The van der Waals surface area contributed by atoms with Crippen LogP contribution in [0.15, 0.2) is 42.6 Å². The van der Waals surface area contributed by atoms with E-state index in [0.29, 0.717) is 18.0 Å². The maximum absolute atomic E-state index is 12.8. The first-order valence-corrected chi connectivity index (χ1v) is 9.62. The summed E-state index contributed by atoms with van der Waals surface area (Å²) in [5.74, 6) is 1.19. The van der Waals surface area contributed by atoms with Crippen molar-refractivity contribution in [3.05, 3.63) is 53.7 Å². The van der Waals surface area contributed by atoms with Gasteiger partial charge in [0.2, 0.25) is 0 Å². The fourth-order valence-electron chi connectivity index (χ4n) is 3.28. The largest absolute Gasteiger partial charge is 0.381 e. The number of nitrogens with one attached hydrogen (secondary N) is 2. The monoisotopic (exact) mass is 367 g/mol. The van der Waals surface area contributed by atoms with E-state index in [1.807, 2.05) is 36.4 Å². The number of amides is 1. The molecule has 2 aromatic rings. The fourth-order valence-corrected chi connectivity index (χ4v) is 3.28. The average Bonchev–Trinajstić information content (AvgIpc) is 2.67. The molecule has 27 heavy (non-hydrogen) atoms. The van der Waals surface area contributed by atoms with Crippen LogP contribution in [0.3, 0.4) is 0 Å². The van der Waals surface area contributed by atoms with Crippen molar-refractivity contribution in [1.82, 2.24) is 10.3 Å². The highest BCUT2D eigenvalue weighted by Crippen LogP contribution is 2.28. The Morgan fingerprint density at radius 1 is 1.19 bits per heavy atom. The van der Waals surface area contributed by atoms with E-state index >= 15 is 0 Å². The molecule has 0 aliphatic carbocycles. The fraction of sp³-hybridized carbons (Fsp3) is 0.455.